The molecule has 21 heavy (non-hydrogen) atoms. The molecule has 2 amide bonds. The lowest BCUT2D eigenvalue weighted by Crippen LogP contribution is -2.41. The van der Waals surface area contributed by atoms with Crippen LogP contribution < -0.4 is 20.2 Å². The number of rotatable bonds is 5. The largest absolute Gasteiger partial charge is 0.493 e. The third kappa shape index (κ3) is 5.13. The number of benzene rings is 1. The highest BCUT2D eigenvalue weighted by Crippen LogP contribution is 2.26. The van der Waals surface area contributed by atoms with Crippen molar-refractivity contribution in [2.75, 3.05) is 14.2 Å². The highest BCUT2D eigenvalue weighted by Gasteiger charge is 2.12. The molecule has 0 fully saturated rings. The van der Waals surface area contributed by atoms with Crippen molar-refractivity contribution >= 4 is 18.0 Å². The van der Waals surface area contributed by atoms with E-state index >= 15 is 0 Å². The Hall–Kier alpha value is -2.57. The van der Waals surface area contributed by atoms with Crippen LogP contribution in [0.15, 0.2) is 23.3 Å². The fraction of sp³-hybridized carbons (Fsp3) is 0.357. The summed E-state index contributed by atoms with van der Waals surface area (Å²) in [7, 11) is 3.07. The molecule has 0 aliphatic heterocycles. The van der Waals surface area contributed by atoms with Gasteiger partial charge in [0, 0.05) is 6.04 Å². The number of nitrogens with one attached hydrogen (secondary N) is 2. The van der Waals surface area contributed by atoms with Crippen LogP contribution >= 0.6 is 0 Å². The van der Waals surface area contributed by atoms with E-state index in [-0.39, 0.29) is 6.04 Å². The van der Waals surface area contributed by atoms with E-state index < -0.39 is 11.8 Å². The van der Waals surface area contributed by atoms with Crippen LogP contribution in [-0.2, 0) is 9.59 Å². The summed E-state index contributed by atoms with van der Waals surface area (Å²) in [5.74, 6) is -0.407. The highest BCUT2D eigenvalue weighted by atomic mass is 16.5. The Morgan fingerprint density at radius 3 is 2.38 bits per heavy atom. The number of carbonyl (C=O) groups excluding carboxylic acids is 2. The van der Waals surface area contributed by atoms with Crippen molar-refractivity contribution in [2.24, 2.45) is 5.10 Å². The van der Waals surface area contributed by atoms with E-state index in [4.69, 9.17) is 9.47 Å². The van der Waals surface area contributed by atoms with Gasteiger partial charge < -0.3 is 14.8 Å². The number of carbonyl (C=O) groups is 2. The van der Waals surface area contributed by atoms with Crippen LogP contribution in [0.5, 0.6) is 11.5 Å². The Bertz CT molecular complexity index is 541. The van der Waals surface area contributed by atoms with Gasteiger partial charge in [0.05, 0.1) is 20.4 Å². The van der Waals surface area contributed by atoms with Crippen LogP contribution in [0.3, 0.4) is 0 Å². The summed E-state index contributed by atoms with van der Waals surface area (Å²) in [6, 6.07) is 5.04. The van der Waals surface area contributed by atoms with Crippen LogP contribution in [0.2, 0.25) is 0 Å². The SMILES string of the molecule is COc1ccc(/C=N\NC(=O)C(=O)NC(C)C)cc1OC. The average Bonchev–Trinajstić information content (AvgIpc) is 2.46. The molecule has 0 spiro atoms. The molecule has 0 aliphatic rings. The molecule has 0 heterocycles. The molecule has 7 nitrogen and oxygen atoms in total. The first kappa shape index (κ1) is 16.5. The monoisotopic (exact) mass is 293 g/mol. The minimum absolute atomic E-state index is 0.113. The molecule has 2 N–H and O–H groups in total. The number of hydrogen-bond acceptors (Lipinski definition) is 5. The molecule has 0 aliphatic carbocycles. The van der Waals surface area contributed by atoms with Crippen LogP contribution in [0.4, 0.5) is 0 Å². The number of hydrogen-bond donors (Lipinski definition) is 2. The quantitative estimate of drug-likeness (QED) is 0.474. The lowest BCUT2D eigenvalue weighted by Gasteiger charge is -2.07. The standard InChI is InChI=1S/C14H19N3O4/c1-9(2)16-13(18)14(19)17-15-8-10-5-6-11(20-3)12(7-10)21-4/h5-9H,1-4H3,(H,16,18)(H,17,19)/b15-8-. The summed E-state index contributed by atoms with van der Waals surface area (Å²) in [5.41, 5.74) is 2.84. The van der Waals surface area contributed by atoms with Crippen molar-refractivity contribution in [1.29, 1.82) is 0 Å². The van der Waals surface area contributed by atoms with Crippen LogP contribution in [0, 0.1) is 0 Å². The summed E-state index contributed by atoms with van der Waals surface area (Å²) in [6.07, 6.45) is 1.41. The second-order valence-corrected chi connectivity index (χ2v) is 4.44. The second kappa shape index (κ2) is 7.88. The first-order valence-electron chi connectivity index (χ1n) is 6.33. The maximum atomic E-state index is 11.4. The number of hydrazone groups is 1. The van der Waals surface area contributed by atoms with E-state index in [1.54, 1.807) is 39.2 Å². The van der Waals surface area contributed by atoms with Gasteiger partial charge in [-0.3, -0.25) is 9.59 Å². The summed E-state index contributed by atoms with van der Waals surface area (Å²) in [5, 5.41) is 6.18. The highest BCUT2D eigenvalue weighted by molar-refractivity contribution is 6.35. The van der Waals surface area contributed by atoms with Crippen molar-refractivity contribution in [3.05, 3.63) is 23.8 Å². The Morgan fingerprint density at radius 2 is 1.81 bits per heavy atom. The zero-order valence-electron chi connectivity index (χ0n) is 12.5. The first-order chi connectivity index (χ1) is 9.97. The van der Waals surface area contributed by atoms with Gasteiger partial charge in [0.15, 0.2) is 11.5 Å². The lowest BCUT2D eigenvalue weighted by molar-refractivity contribution is -0.139. The van der Waals surface area contributed by atoms with Gasteiger partial charge in [-0.05, 0) is 37.6 Å². The van der Waals surface area contributed by atoms with Crippen molar-refractivity contribution < 1.29 is 19.1 Å². The van der Waals surface area contributed by atoms with Gasteiger partial charge in [-0.25, -0.2) is 5.43 Å². The summed E-state index contributed by atoms with van der Waals surface area (Å²) in [4.78, 5) is 22.8. The number of amides is 2. The maximum Gasteiger partial charge on any atom is 0.329 e. The smallest absolute Gasteiger partial charge is 0.329 e. The van der Waals surface area contributed by atoms with Gasteiger partial charge >= 0.3 is 11.8 Å². The fourth-order valence-corrected chi connectivity index (χ4v) is 1.48. The molecule has 0 unspecified atom stereocenters. The minimum atomic E-state index is -0.819. The number of nitrogens with zero attached hydrogens (tertiary/aromatic N) is 1. The molecule has 0 saturated carbocycles. The van der Waals surface area contributed by atoms with E-state index in [1.165, 1.54) is 13.3 Å². The third-order valence-corrected chi connectivity index (χ3v) is 2.41. The predicted octanol–water partition coefficient (Wildman–Crippen LogP) is 0.678. The second-order valence-electron chi connectivity index (χ2n) is 4.44. The van der Waals surface area contributed by atoms with Gasteiger partial charge in [0.1, 0.15) is 0 Å². The summed E-state index contributed by atoms with van der Waals surface area (Å²) in [6.45, 7) is 3.52. The molecule has 114 valence electrons. The zero-order valence-corrected chi connectivity index (χ0v) is 12.5. The fourth-order valence-electron chi connectivity index (χ4n) is 1.48. The molecular weight excluding hydrogens is 274 g/mol. The Labute approximate surface area is 123 Å². The maximum absolute atomic E-state index is 11.4. The number of methoxy groups -OCH3 is 2. The average molecular weight is 293 g/mol. The van der Waals surface area contributed by atoms with E-state index in [1.807, 2.05) is 0 Å². The zero-order chi connectivity index (χ0) is 15.8. The molecule has 1 aromatic rings. The summed E-state index contributed by atoms with van der Waals surface area (Å²) >= 11 is 0. The number of ether oxygens (including phenoxy) is 2. The van der Waals surface area contributed by atoms with E-state index in [0.29, 0.717) is 17.1 Å². The van der Waals surface area contributed by atoms with Crippen LogP contribution in [-0.4, -0.2) is 38.3 Å². The van der Waals surface area contributed by atoms with Gasteiger partial charge in [-0.2, -0.15) is 5.10 Å². The Balaban J connectivity index is 2.65. The van der Waals surface area contributed by atoms with Crippen molar-refractivity contribution in [3.63, 3.8) is 0 Å². The van der Waals surface area contributed by atoms with E-state index in [9.17, 15) is 9.59 Å². The van der Waals surface area contributed by atoms with Crippen LogP contribution in [0.1, 0.15) is 19.4 Å². The van der Waals surface area contributed by atoms with Gasteiger partial charge in [-0.15, -0.1) is 0 Å². The minimum Gasteiger partial charge on any atom is -0.493 e. The molecule has 0 aromatic heterocycles. The van der Waals surface area contributed by atoms with Gasteiger partial charge in [0.2, 0.25) is 0 Å². The molecule has 7 heteroatoms. The molecule has 0 saturated heterocycles. The molecule has 1 rings (SSSR count). The van der Waals surface area contributed by atoms with Crippen molar-refractivity contribution in [1.82, 2.24) is 10.7 Å². The molecular formula is C14H19N3O4. The van der Waals surface area contributed by atoms with E-state index in [2.05, 4.69) is 15.8 Å². The van der Waals surface area contributed by atoms with Crippen molar-refractivity contribution in [2.45, 2.75) is 19.9 Å². The molecule has 1 aromatic carbocycles. The van der Waals surface area contributed by atoms with Gasteiger partial charge in [-0.1, -0.05) is 0 Å². The topological polar surface area (TPSA) is 89.0 Å². The molecule has 0 bridgehead atoms. The van der Waals surface area contributed by atoms with Crippen LogP contribution in [0.25, 0.3) is 0 Å². The Morgan fingerprint density at radius 1 is 1.14 bits per heavy atom. The third-order valence-electron chi connectivity index (χ3n) is 2.41. The van der Waals surface area contributed by atoms with Gasteiger partial charge in [0.25, 0.3) is 0 Å². The van der Waals surface area contributed by atoms with Crippen molar-refractivity contribution in [3.8, 4) is 11.5 Å². The Kier molecular flexibility index (Phi) is 6.19. The normalized spacial score (nSPS) is 10.5. The summed E-state index contributed by atoms with van der Waals surface area (Å²) < 4.78 is 10.3. The lowest BCUT2D eigenvalue weighted by atomic mass is 10.2. The predicted molar refractivity (Wildman–Crippen MR) is 78.6 cm³/mol. The molecule has 0 radical (unpaired) electrons. The molecule has 0 atom stereocenters. The van der Waals surface area contributed by atoms with E-state index in [0.717, 1.165) is 0 Å². The first-order valence-corrected chi connectivity index (χ1v) is 6.33.